The van der Waals surface area contributed by atoms with Gasteiger partial charge in [0.25, 0.3) is 5.56 Å². The fraction of sp³-hybridized carbons (Fsp3) is 0. The third kappa shape index (κ3) is 2.34. The molecule has 0 aliphatic rings. The minimum atomic E-state index is -0.116. The summed E-state index contributed by atoms with van der Waals surface area (Å²) in [7, 11) is 0. The number of benzene rings is 2. The smallest absolute Gasteiger partial charge is 0.266 e. The van der Waals surface area contributed by atoms with Gasteiger partial charge in [-0.25, -0.2) is 4.98 Å². The van der Waals surface area contributed by atoms with Crippen LogP contribution >= 0.6 is 0 Å². The van der Waals surface area contributed by atoms with Crippen molar-refractivity contribution < 1.29 is 5.11 Å². The minimum Gasteiger partial charge on any atom is -0.508 e. The molecule has 116 valence electrons. The van der Waals surface area contributed by atoms with Crippen molar-refractivity contribution in [2.24, 2.45) is 0 Å². The normalized spacial score (nSPS) is 10.8. The molecule has 0 aliphatic carbocycles. The van der Waals surface area contributed by atoms with E-state index in [2.05, 4.69) is 0 Å². The number of fused-ring (bicyclic) bond motifs is 1. The Hall–Kier alpha value is -3.40. The third-order valence-corrected chi connectivity index (χ3v) is 3.94. The van der Waals surface area contributed by atoms with E-state index >= 15 is 0 Å². The van der Waals surface area contributed by atoms with Crippen molar-refractivity contribution in [3.63, 3.8) is 0 Å². The molecule has 24 heavy (non-hydrogen) atoms. The number of aromatic nitrogens is 2. The van der Waals surface area contributed by atoms with Crippen LogP contribution in [-0.4, -0.2) is 14.5 Å². The average molecular weight is 314 g/mol. The topological polar surface area (TPSA) is 54.6 Å². The van der Waals surface area contributed by atoms with E-state index in [1.807, 2.05) is 42.5 Å². The molecule has 4 heteroatoms. The highest BCUT2D eigenvalue weighted by atomic mass is 16.3. The van der Waals surface area contributed by atoms with Crippen molar-refractivity contribution >= 4 is 5.65 Å². The Bertz CT molecular complexity index is 1070. The highest BCUT2D eigenvalue weighted by Crippen LogP contribution is 2.29. The number of hydrogen-bond acceptors (Lipinski definition) is 3. The number of aromatic hydroxyl groups is 1. The molecule has 0 radical (unpaired) electrons. The van der Waals surface area contributed by atoms with E-state index < -0.39 is 0 Å². The lowest BCUT2D eigenvalue weighted by atomic mass is 10.0. The molecular formula is C20H14N2O2. The van der Waals surface area contributed by atoms with E-state index in [0.717, 1.165) is 11.1 Å². The SMILES string of the molecule is O=c1c(-c2ccccc2)c(-c2ccc(O)cc2)nc2ccccn12. The van der Waals surface area contributed by atoms with Crippen LogP contribution in [0.25, 0.3) is 28.0 Å². The van der Waals surface area contributed by atoms with E-state index in [-0.39, 0.29) is 11.3 Å². The van der Waals surface area contributed by atoms with Gasteiger partial charge >= 0.3 is 0 Å². The van der Waals surface area contributed by atoms with Crippen LogP contribution in [-0.2, 0) is 0 Å². The van der Waals surface area contributed by atoms with Crippen molar-refractivity contribution in [1.29, 1.82) is 0 Å². The Morgan fingerprint density at radius 1 is 0.792 bits per heavy atom. The maximum atomic E-state index is 13.1. The minimum absolute atomic E-state index is 0.116. The van der Waals surface area contributed by atoms with Gasteiger partial charge < -0.3 is 5.11 Å². The van der Waals surface area contributed by atoms with Crippen molar-refractivity contribution in [3.05, 3.63) is 89.3 Å². The molecule has 0 fully saturated rings. The van der Waals surface area contributed by atoms with Crippen molar-refractivity contribution in [1.82, 2.24) is 9.38 Å². The molecular weight excluding hydrogens is 300 g/mol. The van der Waals surface area contributed by atoms with Gasteiger partial charge in [0, 0.05) is 11.8 Å². The summed E-state index contributed by atoms with van der Waals surface area (Å²) in [5.74, 6) is 0.178. The highest BCUT2D eigenvalue weighted by molar-refractivity contribution is 5.81. The zero-order chi connectivity index (χ0) is 16.5. The van der Waals surface area contributed by atoms with Gasteiger partial charge in [0.05, 0.1) is 11.3 Å². The molecule has 0 atom stereocenters. The fourth-order valence-corrected chi connectivity index (χ4v) is 2.78. The molecule has 0 aliphatic heterocycles. The Labute approximate surface area is 138 Å². The lowest BCUT2D eigenvalue weighted by Crippen LogP contribution is -2.18. The van der Waals surface area contributed by atoms with Crippen molar-refractivity contribution in [3.8, 4) is 28.1 Å². The summed E-state index contributed by atoms with van der Waals surface area (Å²) in [6.45, 7) is 0. The summed E-state index contributed by atoms with van der Waals surface area (Å²) < 4.78 is 1.55. The summed E-state index contributed by atoms with van der Waals surface area (Å²) in [6, 6.07) is 21.7. The van der Waals surface area contributed by atoms with Gasteiger partial charge in [-0.15, -0.1) is 0 Å². The molecule has 0 amide bonds. The second-order valence-corrected chi connectivity index (χ2v) is 5.48. The molecule has 0 spiro atoms. The van der Waals surface area contributed by atoms with E-state index in [9.17, 15) is 9.90 Å². The summed E-state index contributed by atoms with van der Waals surface area (Å²) >= 11 is 0. The van der Waals surface area contributed by atoms with Crippen LogP contribution in [0.4, 0.5) is 0 Å². The van der Waals surface area contributed by atoms with Gasteiger partial charge in [0.1, 0.15) is 11.4 Å². The van der Waals surface area contributed by atoms with Gasteiger partial charge in [-0.1, -0.05) is 36.4 Å². The standard InChI is InChI=1S/C20H14N2O2/c23-16-11-9-15(10-12-16)19-18(14-6-2-1-3-7-14)20(24)22-13-5-4-8-17(22)21-19/h1-13,23H. The van der Waals surface area contributed by atoms with Crippen molar-refractivity contribution in [2.45, 2.75) is 0 Å². The molecule has 0 saturated heterocycles. The average Bonchev–Trinajstić information content (AvgIpc) is 2.63. The van der Waals surface area contributed by atoms with Gasteiger partial charge in [-0.2, -0.15) is 0 Å². The second kappa shape index (κ2) is 5.66. The molecule has 0 bridgehead atoms. The highest BCUT2D eigenvalue weighted by Gasteiger charge is 2.16. The molecule has 2 aromatic heterocycles. The number of phenols is 1. The number of nitrogens with zero attached hydrogens (tertiary/aromatic N) is 2. The van der Waals surface area contributed by atoms with Crippen LogP contribution in [0.1, 0.15) is 0 Å². The van der Waals surface area contributed by atoms with Crippen LogP contribution in [0.3, 0.4) is 0 Å². The van der Waals surface area contributed by atoms with Crippen LogP contribution in [0.2, 0.25) is 0 Å². The lowest BCUT2D eigenvalue weighted by molar-refractivity contribution is 0.475. The Balaban J connectivity index is 2.11. The zero-order valence-electron chi connectivity index (χ0n) is 12.8. The lowest BCUT2D eigenvalue weighted by Gasteiger charge is -2.11. The van der Waals surface area contributed by atoms with Gasteiger partial charge in [0.15, 0.2) is 0 Å². The van der Waals surface area contributed by atoms with Crippen LogP contribution < -0.4 is 5.56 Å². The molecule has 4 nitrogen and oxygen atoms in total. The van der Waals surface area contributed by atoms with E-state index in [1.54, 1.807) is 40.9 Å². The van der Waals surface area contributed by atoms with Crippen molar-refractivity contribution in [2.75, 3.05) is 0 Å². The largest absolute Gasteiger partial charge is 0.508 e. The Morgan fingerprint density at radius 3 is 2.25 bits per heavy atom. The molecule has 4 rings (SSSR count). The quantitative estimate of drug-likeness (QED) is 0.613. The second-order valence-electron chi connectivity index (χ2n) is 5.48. The first kappa shape index (κ1) is 14.2. The summed E-state index contributed by atoms with van der Waals surface area (Å²) in [5, 5.41) is 9.53. The zero-order valence-corrected chi connectivity index (χ0v) is 12.8. The monoisotopic (exact) mass is 314 g/mol. The van der Waals surface area contributed by atoms with Gasteiger partial charge in [0.2, 0.25) is 0 Å². The molecule has 0 unspecified atom stereocenters. The molecule has 4 aromatic rings. The van der Waals surface area contributed by atoms with Gasteiger partial charge in [-0.3, -0.25) is 9.20 Å². The number of hydrogen-bond donors (Lipinski definition) is 1. The molecule has 1 N–H and O–H groups in total. The predicted molar refractivity (Wildman–Crippen MR) is 94.0 cm³/mol. The third-order valence-electron chi connectivity index (χ3n) is 3.94. The first-order chi connectivity index (χ1) is 11.7. The summed E-state index contributed by atoms with van der Waals surface area (Å²) in [6.07, 6.45) is 1.72. The maximum Gasteiger partial charge on any atom is 0.266 e. The molecule has 2 heterocycles. The van der Waals surface area contributed by atoms with Crippen LogP contribution in [0.5, 0.6) is 5.75 Å². The molecule has 2 aromatic carbocycles. The Morgan fingerprint density at radius 2 is 1.50 bits per heavy atom. The van der Waals surface area contributed by atoms with Crippen LogP contribution in [0, 0.1) is 0 Å². The van der Waals surface area contributed by atoms with Crippen LogP contribution in [0.15, 0.2) is 83.8 Å². The fourth-order valence-electron chi connectivity index (χ4n) is 2.78. The molecule has 0 saturated carbocycles. The first-order valence-corrected chi connectivity index (χ1v) is 7.60. The van der Waals surface area contributed by atoms with Gasteiger partial charge in [-0.05, 0) is 42.0 Å². The van der Waals surface area contributed by atoms with E-state index in [1.165, 1.54) is 0 Å². The van der Waals surface area contributed by atoms with E-state index in [0.29, 0.717) is 16.9 Å². The first-order valence-electron chi connectivity index (χ1n) is 7.60. The predicted octanol–water partition coefficient (Wildman–Crippen LogP) is 3.73. The number of rotatable bonds is 2. The number of pyridine rings is 1. The van der Waals surface area contributed by atoms with E-state index in [4.69, 9.17) is 4.98 Å². The summed E-state index contributed by atoms with van der Waals surface area (Å²) in [4.78, 5) is 17.8. The Kier molecular flexibility index (Phi) is 3.35. The maximum absolute atomic E-state index is 13.1. The number of phenolic OH excluding ortho intramolecular Hbond substituents is 1. The summed E-state index contributed by atoms with van der Waals surface area (Å²) in [5.41, 5.74) is 3.23.